The van der Waals surface area contributed by atoms with Crippen molar-refractivity contribution in [3.05, 3.63) is 46.2 Å². The van der Waals surface area contributed by atoms with Crippen LogP contribution in [0.25, 0.3) is 6.08 Å². The van der Waals surface area contributed by atoms with Gasteiger partial charge < -0.3 is 33.5 Å². The lowest BCUT2D eigenvalue weighted by atomic mass is 9.99. The highest BCUT2D eigenvalue weighted by atomic mass is 16.5. The van der Waals surface area contributed by atoms with E-state index in [-0.39, 0.29) is 17.3 Å². The number of phenols is 1. The first-order valence-corrected chi connectivity index (χ1v) is 11.2. The number of aryl methyl sites for hydroxylation is 1. The van der Waals surface area contributed by atoms with E-state index in [4.69, 9.17) is 28.4 Å². The van der Waals surface area contributed by atoms with Crippen LogP contribution in [0, 0.1) is 6.92 Å². The van der Waals surface area contributed by atoms with Crippen LogP contribution in [0.15, 0.2) is 24.0 Å². The van der Waals surface area contributed by atoms with Gasteiger partial charge in [0.2, 0.25) is 5.78 Å². The Morgan fingerprint density at radius 2 is 1.51 bits per heavy atom. The molecule has 0 unspecified atom stereocenters. The van der Waals surface area contributed by atoms with Crippen LogP contribution < -0.4 is 18.9 Å². The number of aromatic hydroxyl groups is 1. The number of carbonyl (C=O) groups is 1. The second-order valence-electron chi connectivity index (χ2n) is 8.05. The van der Waals surface area contributed by atoms with Crippen molar-refractivity contribution in [3.8, 4) is 28.7 Å². The van der Waals surface area contributed by atoms with E-state index in [0.29, 0.717) is 78.1 Å². The fraction of sp³-hybridized carbons (Fsp3) is 0.423. The predicted octanol–water partition coefficient (Wildman–Crippen LogP) is 3.44. The minimum absolute atomic E-state index is 0.0684. The van der Waals surface area contributed by atoms with Gasteiger partial charge in [-0.1, -0.05) is 0 Å². The summed E-state index contributed by atoms with van der Waals surface area (Å²) < 4.78 is 32.8. The quantitative estimate of drug-likeness (QED) is 0.452. The molecule has 1 N–H and O–H groups in total. The van der Waals surface area contributed by atoms with Gasteiger partial charge in [0.1, 0.15) is 17.2 Å². The summed E-state index contributed by atoms with van der Waals surface area (Å²) in [6.45, 7) is 4.42. The standard InChI is InChI=1S/C26H33NO8/c1-16-11-19(28)18(15-27(7-9-30-2)8-10-31-3)26-24(16)25(29)23(35-26)13-17-12-21(33-5)22(34-6)14-20(17)32-4/h11-14,28H,7-10,15H2,1-6H3/b23-13+. The molecule has 0 aromatic heterocycles. The van der Waals surface area contributed by atoms with E-state index in [0.717, 1.165) is 0 Å². The van der Waals surface area contributed by atoms with Crippen molar-refractivity contribution in [2.75, 3.05) is 61.9 Å². The molecule has 3 rings (SSSR count). The maximum absolute atomic E-state index is 13.4. The fourth-order valence-electron chi connectivity index (χ4n) is 3.97. The second-order valence-corrected chi connectivity index (χ2v) is 8.05. The van der Waals surface area contributed by atoms with Gasteiger partial charge >= 0.3 is 0 Å². The van der Waals surface area contributed by atoms with Crippen molar-refractivity contribution in [2.45, 2.75) is 13.5 Å². The van der Waals surface area contributed by atoms with Gasteiger partial charge in [-0.3, -0.25) is 9.69 Å². The number of ether oxygens (including phenoxy) is 6. The van der Waals surface area contributed by atoms with Gasteiger partial charge in [-0.2, -0.15) is 0 Å². The van der Waals surface area contributed by atoms with Crippen molar-refractivity contribution in [2.24, 2.45) is 0 Å². The van der Waals surface area contributed by atoms with Crippen molar-refractivity contribution < 1.29 is 38.3 Å². The van der Waals surface area contributed by atoms with Crippen molar-refractivity contribution in [3.63, 3.8) is 0 Å². The Labute approximate surface area is 205 Å². The molecule has 0 amide bonds. The van der Waals surface area contributed by atoms with Crippen LogP contribution in [-0.2, 0) is 16.0 Å². The molecule has 0 saturated carbocycles. The highest BCUT2D eigenvalue weighted by Crippen LogP contribution is 2.43. The number of allylic oxidation sites excluding steroid dienone is 1. The highest BCUT2D eigenvalue weighted by Gasteiger charge is 2.34. The van der Waals surface area contributed by atoms with Gasteiger partial charge in [0, 0.05) is 45.5 Å². The number of methoxy groups -OCH3 is 5. The summed E-state index contributed by atoms with van der Waals surface area (Å²) in [7, 11) is 7.87. The Kier molecular flexibility index (Phi) is 8.97. The third-order valence-corrected chi connectivity index (χ3v) is 5.85. The van der Waals surface area contributed by atoms with Gasteiger partial charge in [-0.25, -0.2) is 0 Å². The second kappa shape index (κ2) is 11.9. The van der Waals surface area contributed by atoms with Crippen molar-refractivity contribution in [1.29, 1.82) is 0 Å². The smallest absolute Gasteiger partial charge is 0.232 e. The lowest BCUT2D eigenvalue weighted by Gasteiger charge is -2.23. The van der Waals surface area contributed by atoms with Gasteiger partial charge in [0.15, 0.2) is 17.3 Å². The van der Waals surface area contributed by atoms with Crippen LogP contribution in [0.5, 0.6) is 28.7 Å². The summed E-state index contributed by atoms with van der Waals surface area (Å²) in [5, 5.41) is 10.8. The van der Waals surface area contributed by atoms with Crippen LogP contribution in [0.4, 0.5) is 0 Å². The number of Topliss-reactive ketones (excluding diaryl/α,β-unsaturated/α-hetero) is 1. The molecule has 2 aromatic carbocycles. The highest BCUT2D eigenvalue weighted by molar-refractivity contribution is 6.16. The Morgan fingerprint density at radius 1 is 0.914 bits per heavy atom. The fourth-order valence-corrected chi connectivity index (χ4v) is 3.97. The molecule has 9 nitrogen and oxygen atoms in total. The van der Waals surface area contributed by atoms with Gasteiger partial charge in [0.25, 0.3) is 0 Å². The molecule has 2 aromatic rings. The van der Waals surface area contributed by atoms with Crippen LogP contribution in [0.3, 0.4) is 0 Å². The molecule has 0 aliphatic carbocycles. The zero-order valence-electron chi connectivity index (χ0n) is 21.1. The molecule has 0 bridgehead atoms. The van der Waals surface area contributed by atoms with Gasteiger partial charge in [-0.15, -0.1) is 0 Å². The summed E-state index contributed by atoms with van der Waals surface area (Å²) in [6.07, 6.45) is 1.61. The molecule has 0 spiro atoms. The van der Waals surface area contributed by atoms with E-state index < -0.39 is 0 Å². The first kappa shape index (κ1) is 26.3. The SMILES string of the molecule is COCCN(CCOC)Cc1c(O)cc(C)c2c1O/C(=C/c1cc(OC)c(OC)cc1OC)C2=O. The van der Waals surface area contributed by atoms with E-state index in [1.54, 1.807) is 45.4 Å². The Hall–Kier alpha value is -3.27. The van der Waals surface area contributed by atoms with Crippen LogP contribution in [0.2, 0.25) is 0 Å². The zero-order valence-corrected chi connectivity index (χ0v) is 21.1. The largest absolute Gasteiger partial charge is 0.507 e. The van der Waals surface area contributed by atoms with E-state index in [1.165, 1.54) is 21.3 Å². The van der Waals surface area contributed by atoms with Crippen molar-refractivity contribution in [1.82, 2.24) is 4.90 Å². The number of benzene rings is 2. The molecular formula is C26H33NO8. The number of ketones is 1. The van der Waals surface area contributed by atoms with E-state index in [2.05, 4.69) is 4.90 Å². The first-order valence-electron chi connectivity index (χ1n) is 11.2. The molecule has 1 aliphatic rings. The van der Waals surface area contributed by atoms with Gasteiger partial charge in [0.05, 0.1) is 45.7 Å². The molecule has 0 fully saturated rings. The lowest BCUT2D eigenvalue weighted by molar-refractivity contribution is 0.101. The summed E-state index contributed by atoms with van der Waals surface area (Å²) in [6, 6.07) is 5.00. The predicted molar refractivity (Wildman–Crippen MR) is 131 cm³/mol. The van der Waals surface area contributed by atoms with Gasteiger partial charge in [-0.05, 0) is 30.7 Å². The Morgan fingerprint density at radius 3 is 2.09 bits per heavy atom. The number of phenolic OH excluding ortho intramolecular Hbond substituents is 1. The maximum atomic E-state index is 13.4. The number of fused-ring (bicyclic) bond motifs is 1. The summed E-state index contributed by atoms with van der Waals surface area (Å²) >= 11 is 0. The Bertz CT molecular complexity index is 1090. The normalized spacial score (nSPS) is 13.8. The average molecular weight is 488 g/mol. The molecule has 1 aliphatic heterocycles. The third-order valence-electron chi connectivity index (χ3n) is 5.85. The number of carbonyl (C=O) groups excluding carboxylic acids is 1. The minimum Gasteiger partial charge on any atom is -0.507 e. The first-order chi connectivity index (χ1) is 16.9. The summed E-state index contributed by atoms with van der Waals surface area (Å²) in [5.41, 5.74) is 2.19. The Balaban J connectivity index is 2.02. The molecular weight excluding hydrogens is 454 g/mol. The average Bonchev–Trinajstić information content (AvgIpc) is 3.18. The molecule has 0 radical (unpaired) electrons. The zero-order chi connectivity index (χ0) is 25.5. The van der Waals surface area contributed by atoms with Crippen LogP contribution >= 0.6 is 0 Å². The number of rotatable bonds is 12. The summed E-state index contributed by atoms with van der Waals surface area (Å²) in [5.74, 6) is 1.77. The van der Waals surface area contributed by atoms with E-state index >= 15 is 0 Å². The van der Waals surface area contributed by atoms with Crippen LogP contribution in [0.1, 0.15) is 27.0 Å². The lowest BCUT2D eigenvalue weighted by Crippen LogP contribution is -2.30. The third kappa shape index (κ3) is 5.70. The van der Waals surface area contributed by atoms with Crippen molar-refractivity contribution >= 4 is 11.9 Å². The summed E-state index contributed by atoms with van der Waals surface area (Å²) in [4.78, 5) is 15.4. The molecule has 1 heterocycles. The monoisotopic (exact) mass is 487 g/mol. The van der Waals surface area contributed by atoms with E-state index in [1.807, 2.05) is 0 Å². The van der Waals surface area contributed by atoms with Crippen LogP contribution in [-0.4, -0.2) is 77.6 Å². The number of hydrogen-bond donors (Lipinski definition) is 1. The van der Waals surface area contributed by atoms with E-state index in [9.17, 15) is 9.90 Å². The molecule has 0 saturated heterocycles. The number of hydrogen-bond acceptors (Lipinski definition) is 9. The number of nitrogens with zero attached hydrogens (tertiary/aromatic N) is 1. The minimum atomic E-state index is -0.268. The molecule has 35 heavy (non-hydrogen) atoms. The molecule has 190 valence electrons. The maximum Gasteiger partial charge on any atom is 0.232 e. The molecule has 0 atom stereocenters. The topological polar surface area (TPSA) is 95.9 Å². The molecule has 9 heteroatoms.